The van der Waals surface area contributed by atoms with Crippen molar-refractivity contribution >= 4 is 23.6 Å². The molecule has 2 saturated carbocycles. The first-order valence-electron chi connectivity index (χ1n) is 18.4. The molecule has 6 atom stereocenters. The van der Waals surface area contributed by atoms with Gasteiger partial charge >= 0.3 is 289 Å². The minimum absolute atomic E-state index is 0. The van der Waals surface area contributed by atoms with Gasteiger partial charge in [-0.05, 0) is 0 Å². The Balaban J connectivity index is 0.00000208. The molecular weight excluding hydrogens is 699 g/mol. The third-order valence-corrected chi connectivity index (χ3v) is 18.5. The largest absolute Gasteiger partial charge is 1.00 e. The van der Waals surface area contributed by atoms with Crippen molar-refractivity contribution in [2.75, 3.05) is 0 Å². The van der Waals surface area contributed by atoms with Crippen LogP contribution in [-0.4, -0.2) is 8.07 Å². The van der Waals surface area contributed by atoms with Gasteiger partial charge in [-0.1, -0.05) is 0 Å². The van der Waals surface area contributed by atoms with Crippen LogP contribution >= 0.6 is 0 Å². The molecular formula is C43H55Cl3SiTi. The molecule has 0 aliphatic heterocycles. The van der Waals surface area contributed by atoms with E-state index in [-0.39, 0.29) is 37.2 Å². The molecule has 5 heteroatoms. The van der Waals surface area contributed by atoms with E-state index in [1.165, 1.54) is 52.6 Å². The monoisotopic (exact) mass is 752 g/mol. The van der Waals surface area contributed by atoms with E-state index in [1.54, 1.807) is 15.6 Å². The van der Waals surface area contributed by atoms with Crippen LogP contribution in [0.25, 0.3) is 0 Å². The van der Waals surface area contributed by atoms with Gasteiger partial charge in [-0.15, -0.1) is 0 Å². The summed E-state index contributed by atoms with van der Waals surface area (Å²) in [6.45, 7) is 14.2. The van der Waals surface area contributed by atoms with Crippen LogP contribution in [0.3, 0.4) is 0 Å². The normalized spacial score (nSPS) is 24.2. The average molecular weight is 754 g/mol. The summed E-state index contributed by atoms with van der Waals surface area (Å²) in [4.78, 5) is 0. The van der Waals surface area contributed by atoms with Crippen molar-refractivity contribution in [3.05, 3.63) is 112 Å². The van der Waals surface area contributed by atoms with Gasteiger partial charge < -0.3 is 37.2 Å². The van der Waals surface area contributed by atoms with Crippen molar-refractivity contribution in [1.82, 2.24) is 0 Å². The summed E-state index contributed by atoms with van der Waals surface area (Å²) in [5, 5.41) is 5.07. The quantitative estimate of drug-likeness (QED) is 0.203. The summed E-state index contributed by atoms with van der Waals surface area (Å²) in [5.74, 6) is 2.80. The number of hydrogen-bond acceptors (Lipinski definition) is 0. The maximum Gasteiger partial charge on any atom is -1.00 e. The van der Waals surface area contributed by atoms with Crippen molar-refractivity contribution in [3.63, 3.8) is 0 Å². The average Bonchev–Trinajstić information content (AvgIpc) is 3.43. The third kappa shape index (κ3) is 7.45. The summed E-state index contributed by atoms with van der Waals surface area (Å²) < 4.78 is 0.757. The molecule has 0 heterocycles. The van der Waals surface area contributed by atoms with E-state index in [4.69, 9.17) is 0 Å². The third-order valence-electron chi connectivity index (χ3n) is 12.0. The SMILES string of the molecule is CCc1cc(CC)cc([Si](c2cc(CC)cc(CC)c2)(c2cc(CC)cc(CC)c2)C2C3C=CC=CC3C3CCC[CH]([Ti+3])C32)c1.[Cl-].[Cl-].[Cl-]. The second kappa shape index (κ2) is 17.9. The smallest absolute Gasteiger partial charge is 1.00 e. The zero-order valence-electron chi connectivity index (χ0n) is 30.0. The fraction of sp³-hybridized carbons (Fsp3) is 0.488. The van der Waals surface area contributed by atoms with Crippen molar-refractivity contribution in [2.24, 2.45) is 23.7 Å². The zero-order chi connectivity index (χ0) is 31.7. The number of fused-ring (bicyclic) bond motifs is 3. The predicted octanol–water partition coefficient (Wildman–Crippen LogP) is 0.0370. The minimum Gasteiger partial charge on any atom is -1.00 e. The molecule has 0 nitrogen and oxygen atoms in total. The van der Waals surface area contributed by atoms with Crippen LogP contribution in [0.1, 0.15) is 94.2 Å². The summed E-state index contributed by atoms with van der Waals surface area (Å²) in [5.41, 5.74) is 9.76. The predicted molar refractivity (Wildman–Crippen MR) is 194 cm³/mol. The molecule has 3 aromatic rings. The van der Waals surface area contributed by atoms with Crippen LogP contribution in [0, 0.1) is 23.7 Å². The molecule has 6 unspecified atom stereocenters. The number of halogens is 3. The van der Waals surface area contributed by atoms with E-state index in [2.05, 4.69) is 141 Å². The Morgan fingerprint density at radius 1 is 0.521 bits per heavy atom. The molecule has 0 amide bonds. The van der Waals surface area contributed by atoms with Gasteiger partial charge in [0.2, 0.25) is 0 Å². The van der Waals surface area contributed by atoms with E-state index >= 15 is 0 Å². The Morgan fingerprint density at radius 3 is 1.23 bits per heavy atom. The van der Waals surface area contributed by atoms with Gasteiger partial charge in [0.25, 0.3) is 0 Å². The molecule has 48 heavy (non-hydrogen) atoms. The van der Waals surface area contributed by atoms with Crippen LogP contribution in [0.5, 0.6) is 0 Å². The van der Waals surface area contributed by atoms with Crippen LogP contribution in [0.2, 0.25) is 9.76 Å². The zero-order valence-corrected chi connectivity index (χ0v) is 34.8. The van der Waals surface area contributed by atoms with Crippen LogP contribution in [0.4, 0.5) is 0 Å². The minimum atomic E-state index is -2.62. The Bertz CT molecular complexity index is 1380. The van der Waals surface area contributed by atoms with E-state index < -0.39 is 8.07 Å². The number of aryl methyl sites for hydroxylation is 6. The van der Waals surface area contributed by atoms with Crippen molar-refractivity contribution in [1.29, 1.82) is 0 Å². The fourth-order valence-electron chi connectivity index (χ4n) is 9.76. The second-order valence-electron chi connectivity index (χ2n) is 14.3. The topological polar surface area (TPSA) is 0 Å². The summed E-state index contributed by atoms with van der Waals surface area (Å²) in [7, 11) is -2.62. The molecule has 0 spiro atoms. The molecule has 3 aliphatic rings. The molecule has 0 radical (unpaired) electrons. The van der Waals surface area contributed by atoms with E-state index in [9.17, 15) is 0 Å². The van der Waals surface area contributed by atoms with Crippen LogP contribution in [0.15, 0.2) is 78.9 Å². The summed E-state index contributed by atoms with van der Waals surface area (Å²) in [6, 6.07) is 23.8. The maximum atomic E-state index is 2.71. The van der Waals surface area contributed by atoms with Gasteiger partial charge in [-0.3, -0.25) is 0 Å². The fourth-order valence-corrected chi connectivity index (χ4v) is 17.7. The van der Waals surface area contributed by atoms with Crippen LogP contribution < -0.4 is 52.8 Å². The summed E-state index contributed by atoms with van der Waals surface area (Å²) in [6.07, 6.45) is 20.9. The molecule has 0 aromatic heterocycles. The standard InChI is InChI=1S/C43H55Si.3ClH.Ti/c1-7-30-21-31(8-2)25-36(24-30)44(37-26-32(9-3)22-33(10-4)27-37,38-28-34(11-5)23-35(12-6)29-38)43-41-19-15-13-17-39(41)40-18-14-16-20-42(40)43;;;;/h13,15,17,19-29,39-43H,7-12,14,16,18H2,1-6H3;3*1H;/q;;;;+3/p-3. The van der Waals surface area contributed by atoms with Crippen molar-refractivity contribution in [2.45, 2.75) is 109 Å². The number of benzene rings is 3. The van der Waals surface area contributed by atoms with Gasteiger partial charge in [0.05, 0.1) is 0 Å². The number of hydrogen-bond donors (Lipinski definition) is 0. The van der Waals surface area contributed by atoms with Crippen molar-refractivity contribution < 1.29 is 57.7 Å². The van der Waals surface area contributed by atoms with Gasteiger partial charge in [0.15, 0.2) is 0 Å². The van der Waals surface area contributed by atoms with E-state index in [0.29, 0.717) is 17.4 Å². The Hall–Kier alpha value is -1.06. The molecule has 6 rings (SSSR count). The number of rotatable bonds is 10. The molecule has 0 bridgehead atoms. The first-order chi connectivity index (χ1) is 21.9. The maximum absolute atomic E-state index is 2.71. The van der Waals surface area contributed by atoms with Crippen LogP contribution in [-0.2, 0) is 59.0 Å². The Labute approximate surface area is 324 Å². The van der Waals surface area contributed by atoms with Gasteiger partial charge in [0, 0.05) is 0 Å². The first kappa shape index (κ1) is 41.4. The molecule has 0 N–H and O–H groups in total. The van der Waals surface area contributed by atoms with E-state index in [0.717, 1.165) is 54.6 Å². The molecule has 256 valence electrons. The molecule has 3 aliphatic carbocycles. The van der Waals surface area contributed by atoms with E-state index in [1.807, 2.05) is 0 Å². The van der Waals surface area contributed by atoms with Crippen molar-refractivity contribution in [3.8, 4) is 0 Å². The first-order valence-corrected chi connectivity index (χ1v) is 21.3. The number of allylic oxidation sites excluding steroid dienone is 4. The van der Waals surface area contributed by atoms with Gasteiger partial charge in [-0.25, -0.2) is 0 Å². The Morgan fingerprint density at radius 2 is 0.875 bits per heavy atom. The molecule has 0 saturated heterocycles. The Kier molecular flexibility index (Phi) is 15.4. The summed E-state index contributed by atoms with van der Waals surface area (Å²) >= 11 is 2.63. The molecule has 3 aromatic carbocycles. The van der Waals surface area contributed by atoms with Gasteiger partial charge in [0.1, 0.15) is 0 Å². The second-order valence-corrected chi connectivity index (χ2v) is 19.4. The molecule has 2 fully saturated rings. The van der Waals surface area contributed by atoms with Gasteiger partial charge in [-0.2, -0.15) is 0 Å².